The van der Waals surface area contributed by atoms with Crippen LogP contribution in [0.2, 0.25) is 0 Å². The molecule has 11 aromatic rings. The number of rotatable bonds is 5. The van der Waals surface area contributed by atoms with E-state index in [1.54, 1.807) is 0 Å². The first-order chi connectivity index (χ1) is 25.8. The van der Waals surface area contributed by atoms with Gasteiger partial charge in [0.05, 0.1) is 32.8 Å². The maximum atomic E-state index is 7.07. The van der Waals surface area contributed by atoms with E-state index in [0.29, 0.717) is 0 Å². The van der Waals surface area contributed by atoms with Gasteiger partial charge in [0.1, 0.15) is 16.7 Å². The summed E-state index contributed by atoms with van der Waals surface area (Å²) < 4.78 is 11.7. The Bertz CT molecular complexity index is 3060. The summed E-state index contributed by atoms with van der Waals surface area (Å²) in [5.74, 6) is 0. The van der Waals surface area contributed by atoms with E-state index in [1.165, 1.54) is 5.39 Å². The zero-order valence-corrected chi connectivity index (χ0v) is 28.0. The number of benzene rings is 7. The molecule has 0 radical (unpaired) electrons. The summed E-state index contributed by atoms with van der Waals surface area (Å²) in [4.78, 5) is 7.25. The molecule has 0 amide bonds. The fraction of sp³-hybridized carbons (Fsp3) is 0. The van der Waals surface area contributed by atoms with Crippen molar-refractivity contribution in [3.63, 3.8) is 0 Å². The summed E-state index contributed by atoms with van der Waals surface area (Å²) >= 11 is 0. The second-order valence-corrected chi connectivity index (χ2v) is 13.2. The first-order valence-corrected chi connectivity index (χ1v) is 17.6. The normalized spacial score (nSPS) is 11.8. The molecule has 244 valence electrons. The molecule has 0 unspecified atom stereocenters. The number of fused-ring (bicyclic) bond motifs is 11. The lowest BCUT2D eigenvalue weighted by Gasteiger charge is -2.25. The molecule has 0 saturated heterocycles. The molecular formula is C47H30N4O. The van der Waals surface area contributed by atoms with E-state index in [0.717, 1.165) is 88.7 Å². The van der Waals surface area contributed by atoms with Crippen molar-refractivity contribution in [1.29, 1.82) is 0 Å². The molecular weight excluding hydrogens is 637 g/mol. The van der Waals surface area contributed by atoms with E-state index in [2.05, 4.69) is 184 Å². The topological polar surface area (TPSA) is 39.1 Å². The van der Waals surface area contributed by atoms with Crippen molar-refractivity contribution < 1.29 is 4.42 Å². The lowest BCUT2D eigenvalue weighted by atomic mass is 10.1. The van der Waals surface area contributed by atoms with Crippen molar-refractivity contribution in [2.45, 2.75) is 0 Å². The Labute approximate surface area is 298 Å². The van der Waals surface area contributed by atoms with Crippen LogP contribution in [0.15, 0.2) is 187 Å². The second kappa shape index (κ2) is 11.2. The zero-order chi connectivity index (χ0) is 34.2. The van der Waals surface area contributed by atoms with Crippen LogP contribution < -0.4 is 4.90 Å². The Hall–Kier alpha value is -7.11. The van der Waals surface area contributed by atoms with Crippen molar-refractivity contribution in [2.75, 3.05) is 4.90 Å². The number of pyridine rings is 1. The predicted molar refractivity (Wildman–Crippen MR) is 215 cm³/mol. The average Bonchev–Trinajstić information content (AvgIpc) is 3.87. The highest BCUT2D eigenvalue weighted by Crippen LogP contribution is 2.44. The number of aromatic nitrogens is 3. The van der Waals surface area contributed by atoms with Gasteiger partial charge in [-0.2, -0.15) is 0 Å². The summed E-state index contributed by atoms with van der Waals surface area (Å²) in [6.45, 7) is 0. The Balaban J connectivity index is 1.13. The van der Waals surface area contributed by atoms with Crippen molar-refractivity contribution in [3.05, 3.63) is 182 Å². The van der Waals surface area contributed by atoms with Crippen LogP contribution in [0.25, 0.3) is 77.1 Å². The highest BCUT2D eigenvalue weighted by atomic mass is 16.3. The molecule has 0 N–H and O–H groups in total. The van der Waals surface area contributed by atoms with E-state index in [4.69, 9.17) is 9.40 Å². The minimum atomic E-state index is 0.856. The maximum Gasteiger partial charge on any atom is 0.147 e. The highest BCUT2D eigenvalue weighted by Gasteiger charge is 2.23. The van der Waals surface area contributed by atoms with Crippen LogP contribution in [0.1, 0.15) is 0 Å². The summed E-state index contributed by atoms with van der Waals surface area (Å²) in [7, 11) is 0. The summed E-state index contributed by atoms with van der Waals surface area (Å²) in [5, 5.41) is 5.49. The van der Waals surface area contributed by atoms with E-state index in [9.17, 15) is 0 Å². The third-order valence-electron chi connectivity index (χ3n) is 10.3. The van der Waals surface area contributed by atoms with E-state index in [-0.39, 0.29) is 0 Å². The highest BCUT2D eigenvalue weighted by molar-refractivity contribution is 6.28. The largest absolute Gasteiger partial charge is 0.455 e. The molecule has 52 heavy (non-hydrogen) atoms. The Morgan fingerprint density at radius 3 is 1.60 bits per heavy atom. The number of furan rings is 1. The van der Waals surface area contributed by atoms with Crippen LogP contribution in [0.5, 0.6) is 0 Å². The average molecular weight is 667 g/mol. The molecule has 0 aliphatic heterocycles. The van der Waals surface area contributed by atoms with Crippen LogP contribution >= 0.6 is 0 Å². The summed E-state index contributed by atoms with van der Waals surface area (Å²) in [6.07, 6.45) is 1.87. The van der Waals surface area contributed by atoms with Gasteiger partial charge in [-0.05, 0) is 103 Å². The molecule has 4 heterocycles. The van der Waals surface area contributed by atoms with Gasteiger partial charge in [-0.25, -0.2) is 0 Å². The van der Waals surface area contributed by atoms with Crippen LogP contribution in [-0.2, 0) is 0 Å². The second-order valence-electron chi connectivity index (χ2n) is 13.2. The third kappa shape index (κ3) is 4.14. The van der Waals surface area contributed by atoms with E-state index < -0.39 is 0 Å². The molecule has 0 bridgehead atoms. The standard InChI is InChI=1S/C47H30N4O/c1-4-13-31(14-5-1)49(32-15-6-2-7-16-32)34-22-24-35(25-23-34)51-41-29-27-37-36-26-28-40-43(46(36)52-47(37)44(41)45-42(51)21-12-30-48-45)38-19-10-11-20-39(38)50(40)33-17-8-3-9-18-33/h1-30H. The molecule has 0 atom stereocenters. The Kier molecular flexibility index (Phi) is 6.18. The number of hydrogen-bond acceptors (Lipinski definition) is 3. The van der Waals surface area contributed by atoms with Gasteiger partial charge in [0.2, 0.25) is 0 Å². The van der Waals surface area contributed by atoms with Gasteiger partial charge in [-0.3, -0.25) is 4.98 Å². The summed E-state index contributed by atoms with van der Waals surface area (Å²) in [5.41, 5.74) is 12.5. The fourth-order valence-corrected chi connectivity index (χ4v) is 8.14. The molecule has 7 aromatic carbocycles. The third-order valence-corrected chi connectivity index (χ3v) is 10.3. The molecule has 0 aliphatic rings. The first-order valence-electron chi connectivity index (χ1n) is 17.6. The molecule has 11 rings (SSSR count). The number of hydrogen-bond donors (Lipinski definition) is 0. The molecule has 5 nitrogen and oxygen atoms in total. The number of para-hydroxylation sites is 4. The lowest BCUT2D eigenvalue weighted by molar-refractivity contribution is 0.677. The quantitative estimate of drug-likeness (QED) is 0.183. The smallest absolute Gasteiger partial charge is 0.147 e. The van der Waals surface area contributed by atoms with Gasteiger partial charge in [0.25, 0.3) is 0 Å². The van der Waals surface area contributed by atoms with Crippen LogP contribution in [-0.4, -0.2) is 14.1 Å². The van der Waals surface area contributed by atoms with Crippen LogP contribution in [0, 0.1) is 0 Å². The Morgan fingerprint density at radius 1 is 0.385 bits per heavy atom. The van der Waals surface area contributed by atoms with Crippen LogP contribution in [0.3, 0.4) is 0 Å². The number of nitrogens with zero attached hydrogens (tertiary/aromatic N) is 4. The van der Waals surface area contributed by atoms with Gasteiger partial charge in [-0.15, -0.1) is 0 Å². The minimum Gasteiger partial charge on any atom is -0.455 e. The van der Waals surface area contributed by atoms with Crippen LogP contribution in [0.4, 0.5) is 17.1 Å². The van der Waals surface area contributed by atoms with Gasteiger partial charge < -0.3 is 18.5 Å². The predicted octanol–water partition coefficient (Wildman–Crippen LogP) is 12.6. The first kappa shape index (κ1) is 28.7. The van der Waals surface area contributed by atoms with Crippen molar-refractivity contribution in [3.8, 4) is 11.4 Å². The lowest BCUT2D eigenvalue weighted by Crippen LogP contribution is -2.09. The zero-order valence-electron chi connectivity index (χ0n) is 28.0. The molecule has 0 saturated carbocycles. The van der Waals surface area contributed by atoms with Gasteiger partial charge in [0, 0.05) is 50.8 Å². The molecule has 0 spiro atoms. The molecule has 5 heteroatoms. The van der Waals surface area contributed by atoms with E-state index in [1.807, 2.05) is 12.3 Å². The van der Waals surface area contributed by atoms with Gasteiger partial charge in [-0.1, -0.05) is 72.8 Å². The maximum absolute atomic E-state index is 7.07. The fourth-order valence-electron chi connectivity index (χ4n) is 8.14. The summed E-state index contributed by atoms with van der Waals surface area (Å²) in [6, 6.07) is 62.0. The van der Waals surface area contributed by atoms with Gasteiger partial charge >= 0.3 is 0 Å². The minimum absolute atomic E-state index is 0.856. The van der Waals surface area contributed by atoms with Crippen molar-refractivity contribution in [1.82, 2.24) is 14.1 Å². The van der Waals surface area contributed by atoms with E-state index >= 15 is 0 Å². The Morgan fingerprint density at radius 2 is 0.904 bits per heavy atom. The van der Waals surface area contributed by atoms with Crippen molar-refractivity contribution >= 4 is 82.7 Å². The number of anilines is 3. The molecule has 0 fully saturated rings. The molecule has 4 aromatic heterocycles. The SMILES string of the molecule is c1ccc(N(c2ccccc2)c2ccc(-n3c4cccnc4c4c5oc6c(ccc7c6c6ccccc6n7-c6ccccc6)c5ccc43)cc2)cc1. The van der Waals surface area contributed by atoms with Crippen molar-refractivity contribution in [2.24, 2.45) is 0 Å². The molecule has 0 aliphatic carbocycles. The van der Waals surface area contributed by atoms with Gasteiger partial charge in [0.15, 0.2) is 0 Å². The monoisotopic (exact) mass is 666 g/mol.